The third-order valence-corrected chi connectivity index (χ3v) is 14.5. The zero-order valence-electron chi connectivity index (χ0n) is 40.8. The normalized spacial score (nSPS) is 19.0. The summed E-state index contributed by atoms with van der Waals surface area (Å²) < 4.78 is 12.2. The Kier molecular flexibility index (Phi) is 21.7. The Bertz CT molecular complexity index is 1730. The number of likely N-dealkylation sites (N-methyl/N-ethyl adjacent to an activating group) is 2. The summed E-state index contributed by atoms with van der Waals surface area (Å²) in [5.74, 6) is -2.19. The van der Waals surface area contributed by atoms with Gasteiger partial charge in [0.1, 0.15) is 17.1 Å². The lowest BCUT2D eigenvalue weighted by Crippen LogP contribution is -2.60. The highest BCUT2D eigenvalue weighted by Crippen LogP contribution is 2.31. The van der Waals surface area contributed by atoms with Crippen LogP contribution in [0.1, 0.15) is 124 Å². The van der Waals surface area contributed by atoms with Crippen LogP contribution in [-0.2, 0) is 39.9 Å². The number of thiazole rings is 1. The van der Waals surface area contributed by atoms with Gasteiger partial charge in [0.2, 0.25) is 29.5 Å². The number of benzene rings is 1. The van der Waals surface area contributed by atoms with E-state index in [1.807, 2.05) is 96.0 Å². The highest BCUT2D eigenvalue weighted by Gasteiger charge is 2.44. The molecule has 0 bridgehead atoms. The summed E-state index contributed by atoms with van der Waals surface area (Å²) in [4.78, 5) is 80.5. The molecule has 63 heavy (non-hydrogen) atoms. The van der Waals surface area contributed by atoms with Gasteiger partial charge in [-0.1, -0.05) is 112 Å². The molecule has 3 rings (SSSR count). The van der Waals surface area contributed by atoms with Gasteiger partial charge in [-0.2, -0.15) is 0 Å². The minimum Gasteiger partial charge on any atom is -0.379 e. The van der Waals surface area contributed by atoms with Gasteiger partial charge in [0.15, 0.2) is 0 Å². The standard InChI is InChI=1S/C49H80N6O7S/c1-15-32(8)36(17-3)48(59)53(11)42(31(6)7)46(58)52-41(30(4)5)49(60)54(12)43(33(9)16-2)39(61-13)29-40(56)55-26-21-24-38(55)44(62-14)34(10)45(57)51-37(47-50-25-27-63-47)28-35-22-19-18-20-23-35/h18-20,22-23,25,27,30-34,36-39,41-44H,15-17,21,24,26,28-29H2,1-14H3,(H,51,57)(H,52,58)/t32-,33-,34+,36-,37-,38-,39+,41-,42-,43-,44+/m0/s1. The number of likely N-dealkylation sites (tertiary alicyclic amines) is 1. The van der Waals surface area contributed by atoms with Crippen LogP contribution in [0.5, 0.6) is 0 Å². The van der Waals surface area contributed by atoms with E-state index in [4.69, 9.17) is 9.47 Å². The lowest BCUT2D eigenvalue weighted by molar-refractivity contribution is -0.149. The number of nitrogens with zero attached hydrogens (tertiary/aromatic N) is 4. The zero-order valence-corrected chi connectivity index (χ0v) is 41.6. The molecule has 1 aliphatic rings. The van der Waals surface area contributed by atoms with Crippen LogP contribution in [0, 0.1) is 35.5 Å². The quantitative estimate of drug-likeness (QED) is 0.107. The molecule has 2 N–H and O–H groups in total. The first-order valence-corrected chi connectivity index (χ1v) is 24.2. The van der Waals surface area contributed by atoms with Crippen molar-refractivity contribution < 1.29 is 33.4 Å². The fourth-order valence-corrected chi connectivity index (χ4v) is 10.2. The molecule has 1 aromatic heterocycles. The number of nitrogens with one attached hydrogen (secondary N) is 2. The summed E-state index contributed by atoms with van der Waals surface area (Å²) >= 11 is 1.50. The van der Waals surface area contributed by atoms with E-state index in [2.05, 4.69) is 29.5 Å². The zero-order chi connectivity index (χ0) is 47.1. The molecule has 0 saturated carbocycles. The number of hydrogen-bond acceptors (Lipinski definition) is 9. The average Bonchev–Trinajstić information content (AvgIpc) is 3.99. The van der Waals surface area contributed by atoms with Gasteiger partial charge in [-0.25, -0.2) is 4.98 Å². The summed E-state index contributed by atoms with van der Waals surface area (Å²) in [5, 5.41) is 9.01. The predicted octanol–water partition coefficient (Wildman–Crippen LogP) is 7.16. The largest absolute Gasteiger partial charge is 0.379 e. The second-order valence-corrected chi connectivity index (χ2v) is 19.4. The van der Waals surface area contributed by atoms with Crippen LogP contribution >= 0.6 is 11.3 Å². The van der Waals surface area contributed by atoms with E-state index in [-0.39, 0.29) is 77.6 Å². The molecule has 5 amide bonds. The van der Waals surface area contributed by atoms with Gasteiger partial charge in [0.25, 0.3) is 0 Å². The first kappa shape index (κ1) is 53.5. The third-order valence-electron chi connectivity index (χ3n) is 13.6. The molecular formula is C49H80N6O7S. The van der Waals surface area contributed by atoms with Gasteiger partial charge < -0.3 is 34.8 Å². The van der Waals surface area contributed by atoms with Crippen molar-refractivity contribution >= 4 is 40.9 Å². The molecule has 11 atom stereocenters. The number of rotatable bonds is 25. The van der Waals surface area contributed by atoms with E-state index >= 15 is 0 Å². The van der Waals surface area contributed by atoms with E-state index < -0.39 is 36.3 Å². The molecule has 2 heterocycles. The van der Waals surface area contributed by atoms with Crippen molar-refractivity contribution in [2.75, 3.05) is 34.9 Å². The number of hydrogen-bond donors (Lipinski definition) is 2. The Morgan fingerprint density at radius 2 is 1.48 bits per heavy atom. The van der Waals surface area contributed by atoms with Crippen molar-refractivity contribution in [3.05, 3.63) is 52.5 Å². The number of carbonyl (C=O) groups is 5. The fourth-order valence-electron chi connectivity index (χ4n) is 9.47. The molecule has 1 saturated heterocycles. The van der Waals surface area contributed by atoms with Gasteiger partial charge in [-0.3, -0.25) is 24.0 Å². The summed E-state index contributed by atoms with van der Waals surface area (Å²) in [6.07, 6.45) is 4.79. The van der Waals surface area contributed by atoms with Gasteiger partial charge in [0.05, 0.1) is 42.7 Å². The highest BCUT2D eigenvalue weighted by molar-refractivity contribution is 7.09. The van der Waals surface area contributed by atoms with E-state index in [1.54, 1.807) is 44.3 Å². The molecule has 0 radical (unpaired) electrons. The summed E-state index contributed by atoms with van der Waals surface area (Å²) in [7, 11) is 6.57. The Labute approximate surface area is 382 Å². The van der Waals surface area contributed by atoms with Crippen molar-refractivity contribution in [1.29, 1.82) is 0 Å². The van der Waals surface area contributed by atoms with Crippen molar-refractivity contribution in [3.63, 3.8) is 0 Å². The highest BCUT2D eigenvalue weighted by atomic mass is 32.1. The molecule has 0 spiro atoms. The minimum atomic E-state index is -0.885. The first-order chi connectivity index (χ1) is 29.9. The summed E-state index contributed by atoms with van der Waals surface area (Å²) in [5.41, 5.74) is 1.08. The Balaban J connectivity index is 1.81. The second kappa shape index (κ2) is 25.6. The molecular weight excluding hydrogens is 817 g/mol. The van der Waals surface area contributed by atoms with Crippen molar-refractivity contribution in [2.45, 2.75) is 157 Å². The van der Waals surface area contributed by atoms with Crippen molar-refractivity contribution in [2.24, 2.45) is 35.5 Å². The van der Waals surface area contributed by atoms with E-state index in [0.29, 0.717) is 32.2 Å². The van der Waals surface area contributed by atoms with Crippen LogP contribution in [0.15, 0.2) is 41.9 Å². The van der Waals surface area contributed by atoms with E-state index in [1.165, 1.54) is 11.3 Å². The van der Waals surface area contributed by atoms with Crippen molar-refractivity contribution in [1.82, 2.24) is 30.3 Å². The number of carbonyl (C=O) groups excluding carboxylic acids is 5. The average molecular weight is 897 g/mol. The summed E-state index contributed by atoms with van der Waals surface area (Å²) in [6, 6.07) is 7.18. The maximum absolute atomic E-state index is 14.6. The molecule has 1 aromatic carbocycles. The molecule has 0 aliphatic carbocycles. The predicted molar refractivity (Wildman–Crippen MR) is 251 cm³/mol. The molecule has 0 unspecified atom stereocenters. The summed E-state index contributed by atoms with van der Waals surface area (Å²) in [6.45, 7) is 20.2. The van der Waals surface area contributed by atoms with Crippen LogP contribution in [0.2, 0.25) is 0 Å². The molecule has 13 nitrogen and oxygen atoms in total. The van der Waals surface area contributed by atoms with Crippen LogP contribution in [0.4, 0.5) is 0 Å². The lowest BCUT2D eigenvalue weighted by Gasteiger charge is -2.41. The fraction of sp³-hybridized carbons (Fsp3) is 0.714. The van der Waals surface area contributed by atoms with Crippen molar-refractivity contribution in [3.8, 4) is 0 Å². The maximum atomic E-state index is 14.6. The van der Waals surface area contributed by atoms with Crippen LogP contribution in [0.25, 0.3) is 0 Å². The Hall–Kier alpha value is -3.88. The third kappa shape index (κ3) is 13.8. The lowest BCUT2D eigenvalue weighted by atomic mass is 9.87. The topological polar surface area (TPSA) is 150 Å². The number of ether oxygens (including phenoxy) is 2. The minimum absolute atomic E-state index is 0.00957. The van der Waals surface area contributed by atoms with Gasteiger partial charge in [0, 0.05) is 52.4 Å². The molecule has 14 heteroatoms. The second-order valence-electron chi connectivity index (χ2n) is 18.5. The Morgan fingerprint density at radius 3 is 2.00 bits per heavy atom. The van der Waals surface area contributed by atoms with Crippen LogP contribution < -0.4 is 10.6 Å². The van der Waals surface area contributed by atoms with Gasteiger partial charge >= 0.3 is 0 Å². The van der Waals surface area contributed by atoms with E-state index in [9.17, 15) is 24.0 Å². The Morgan fingerprint density at radius 1 is 0.825 bits per heavy atom. The molecule has 354 valence electrons. The molecule has 2 aromatic rings. The molecule has 1 fully saturated rings. The number of amides is 5. The van der Waals surface area contributed by atoms with Gasteiger partial charge in [-0.05, 0) is 54.9 Å². The van der Waals surface area contributed by atoms with Gasteiger partial charge in [-0.15, -0.1) is 11.3 Å². The smallest absolute Gasteiger partial charge is 0.245 e. The van der Waals surface area contributed by atoms with Crippen LogP contribution in [0.3, 0.4) is 0 Å². The maximum Gasteiger partial charge on any atom is 0.245 e. The molecule has 1 aliphatic heterocycles. The van der Waals surface area contributed by atoms with Crippen LogP contribution in [-0.4, -0.2) is 120 Å². The number of aromatic nitrogens is 1. The monoisotopic (exact) mass is 897 g/mol. The first-order valence-electron chi connectivity index (χ1n) is 23.3. The van der Waals surface area contributed by atoms with E-state index in [0.717, 1.165) is 23.4 Å². The SMILES string of the molecule is CC[C@H](C(=O)N(C)[C@H](C(=O)N[C@H](C(=O)N(C)[C@@H]([C@@H](C)CC)[C@@H](CC(=O)N1CCC[C@H]1[C@H](OC)[C@@H](C)C(=O)N[C@@H](Cc1ccccc1)c1nccs1)OC)C(C)C)C(C)C)[C@@H](C)CC. The number of methoxy groups -OCH3 is 2.